The van der Waals surface area contributed by atoms with Crippen LogP contribution >= 0.6 is 15.9 Å². The molecule has 3 rings (SSSR count). The highest BCUT2D eigenvalue weighted by Gasteiger charge is 2.25. The Morgan fingerprint density at radius 3 is 3.10 bits per heavy atom. The van der Waals surface area contributed by atoms with Gasteiger partial charge in [0.25, 0.3) is 5.56 Å². The molecule has 1 aliphatic rings. The average Bonchev–Trinajstić information content (AvgIpc) is 2.93. The van der Waals surface area contributed by atoms with Crippen molar-refractivity contribution in [1.82, 2.24) is 14.5 Å². The van der Waals surface area contributed by atoms with E-state index in [0.29, 0.717) is 5.82 Å². The van der Waals surface area contributed by atoms with Crippen LogP contribution in [0.5, 0.6) is 5.75 Å². The van der Waals surface area contributed by atoms with Gasteiger partial charge in [0.2, 0.25) is 0 Å². The fourth-order valence-electron chi connectivity index (χ4n) is 2.30. The molecule has 1 saturated heterocycles. The number of anilines is 1. The second-order valence-electron chi connectivity index (χ2n) is 4.98. The van der Waals surface area contributed by atoms with E-state index < -0.39 is 0 Å². The van der Waals surface area contributed by atoms with E-state index in [2.05, 4.69) is 30.8 Å². The maximum atomic E-state index is 11.7. The lowest BCUT2D eigenvalue weighted by atomic mass is 10.3. The van der Waals surface area contributed by atoms with Crippen molar-refractivity contribution < 1.29 is 4.74 Å². The minimum atomic E-state index is -0.0544. The van der Waals surface area contributed by atoms with Crippen molar-refractivity contribution in [2.45, 2.75) is 12.5 Å². The summed E-state index contributed by atoms with van der Waals surface area (Å²) in [4.78, 5) is 22.0. The molecule has 6 nitrogen and oxygen atoms in total. The van der Waals surface area contributed by atoms with E-state index in [4.69, 9.17) is 4.74 Å². The van der Waals surface area contributed by atoms with E-state index >= 15 is 0 Å². The Bertz CT molecular complexity index is 703. The summed E-state index contributed by atoms with van der Waals surface area (Å²) < 4.78 is 8.27. The van der Waals surface area contributed by atoms with E-state index in [0.717, 1.165) is 29.7 Å². The molecule has 7 heteroatoms. The molecule has 3 heterocycles. The third-order valence-electron chi connectivity index (χ3n) is 3.46. The van der Waals surface area contributed by atoms with Crippen molar-refractivity contribution in [3.8, 4) is 5.75 Å². The van der Waals surface area contributed by atoms with Gasteiger partial charge in [-0.25, -0.2) is 4.98 Å². The highest BCUT2D eigenvalue weighted by atomic mass is 79.9. The van der Waals surface area contributed by atoms with Gasteiger partial charge in [-0.3, -0.25) is 9.78 Å². The van der Waals surface area contributed by atoms with Crippen LogP contribution in [0.25, 0.3) is 0 Å². The van der Waals surface area contributed by atoms with Gasteiger partial charge < -0.3 is 14.2 Å². The Morgan fingerprint density at radius 2 is 2.33 bits per heavy atom. The first-order valence-electron chi connectivity index (χ1n) is 6.67. The molecular formula is C14H15BrN4O2. The normalized spacial score (nSPS) is 18.0. The molecule has 2 aromatic heterocycles. The molecule has 0 radical (unpaired) electrons. The Balaban J connectivity index is 1.69. The van der Waals surface area contributed by atoms with Gasteiger partial charge in [-0.15, -0.1) is 0 Å². The van der Waals surface area contributed by atoms with Gasteiger partial charge >= 0.3 is 0 Å². The summed E-state index contributed by atoms with van der Waals surface area (Å²) in [6, 6.07) is 3.40. The zero-order valence-corrected chi connectivity index (χ0v) is 13.2. The van der Waals surface area contributed by atoms with Gasteiger partial charge in [0.15, 0.2) is 0 Å². The predicted octanol–water partition coefficient (Wildman–Crippen LogP) is 1.60. The highest BCUT2D eigenvalue weighted by molar-refractivity contribution is 9.10. The third-order valence-corrected chi connectivity index (χ3v) is 4.06. The second kappa shape index (κ2) is 5.85. The molecule has 0 amide bonds. The number of aryl methyl sites for hydroxylation is 1. The Kier molecular flexibility index (Phi) is 3.92. The minimum Gasteiger partial charge on any atom is -0.487 e. The topological polar surface area (TPSA) is 60.3 Å². The van der Waals surface area contributed by atoms with E-state index in [1.54, 1.807) is 31.8 Å². The Labute approximate surface area is 130 Å². The van der Waals surface area contributed by atoms with Gasteiger partial charge in [-0.2, -0.15) is 0 Å². The van der Waals surface area contributed by atoms with Crippen LogP contribution < -0.4 is 15.2 Å². The first-order chi connectivity index (χ1) is 10.1. The molecule has 0 N–H and O–H groups in total. The summed E-state index contributed by atoms with van der Waals surface area (Å²) in [5.41, 5.74) is -0.0544. The molecule has 0 spiro atoms. The quantitative estimate of drug-likeness (QED) is 0.841. The number of halogens is 1. The van der Waals surface area contributed by atoms with Gasteiger partial charge in [-0.05, 0) is 22.0 Å². The lowest BCUT2D eigenvalue weighted by molar-refractivity contribution is 0.223. The largest absolute Gasteiger partial charge is 0.487 e. The number of hydrogen-bond acceptors (Lipinski definition) is 5. The van der Waals surface area contributed by atoms with Crippen LogP contribution in [0.15, 0.2) is 40.1 Å². The molecule has 21 heavy (non-hydrogen) atoms. The minimum absolute atomic E-state index is 0.0544. The number of aromatic nitrogens is 3. The van der Waals surface area contributed by atoms with E-state index in [9.17, 15) is 4.79 Å². The summed E-state index contributed by atoms with van der Waals surface area (Å²) in [6.07, 6.45) is 5.94. The molecule has 110 valence electrons. The Morgan fingerprint density at radius 1 is 1.48 bits per heavy atom. The number of hydrogen-bond donors (Lipinski definition) is 0. The van der Waals surface area contributed by atoms with Crippen molar-refractivity contribution in [2.75, 3.05) is 18.0 Å². The van der Waals surface area contributed by atoms with Gasteiger partial charge in [-0.1, -0.05) is 0 Å². The summed E-state index contributed by atoms with van der Waals surface area (Å²) in [5.74, 6) is 1.49. The number of ether oxygens (including phenoxy) is 1. The van der Waals surface area contributed by atoms with Crippen LogP contribution in [-0.4, -0.2) is 33.7 Å². The molecule has 1 aliphatic heterocycles. The van der Waals surface area contributed by atoms with Crippen LogP contribution in [0.4, 0.5) is 5.82 Å². The molecule has 0 aromatic carbocycles. The molecule has 0 saturated carbocycles. The highest BCUT2D eigenvalue weighted by Crippen LogP contribution is 2.27. The number of rotatable bonds is 3. The number of nitrogens with zero attached hydrogens (tertiary/aromatic N) is 4. The summed E-state index contributed by atoms with van der Waals surface area (Å²) >= 11 is 3.42. The molecule has 2 aromatic rings. The lowest BCUT2D eigenvalue weighted by Gasteiger charge is -2.18. The van der Waals surface area contributed by atoms with Gasteiger partial charge in [0.1, 0.15) is 17.7 Å². The first-order valence-corrected chi connectivity index (χ1v) is 7.46. The van der Waals surface area contributed by atoms with Crippen LogP contribution in [0, 0.1) is 0 Å². The molecular weight excluding hydrogens is 336 g/mol. The lowest BCUT2D eigenvalue weighted by Crippen LogP contribution is -2.27. The second-order valence-corrected chi connectivity index (χ2v) is 5.83. The summed E-state index contributed by atoms with van der Waals surface area (Å²) in [5, 5.41) is 0. The summed E-state index contributed by atoms with van der Waals surface area (Å²) in [6.45, 7) is 1.54. The Hall–Kier alpha value is -1.89. The standard InChI is InChI=1S/C14H15BrN4O2/c1-18-9-17-13(6-14(18)20)19-5-3-10(8-19)21-12-2-4-16-7-11(12)15/h2,4,6-7,9-10H,3,5,8H2,1H3. The fourth-order valence-corrected chi connectivity index (χ4v) is 2.64. The van der Waals surface area contributed by atoms with Gasteiger partial charge in [0.05, 0.1) is 17.3 Å². The SMILES string of the molecule is Cn1cnc(N2CCC(Oc3ccncc3Br)C2)cc1=O. The van der Waals surface area contributed by atoms with Crippen molar-refractivity contribution in [3.05, 3.63) is 45.7 Å². The molecule has 1 unspecified atom stereocenters. The monoisotopic (exact) mass is 350 g/mol. The van der Waals surface area contributed by atoms with Crippen molar-refractivity contribution >= 4 is 21.7 Å². The molecule has 0 bridgehead atoms. The van der Waals surface area contributed by atoms with E-state index in [-0.39, 0.29) is 11.7 Å². The zero-order valence-electron chi connectivity index (χ0n) is 11.6. The predicted molar refractivity (Wildman–Crippen MR) is 82.7 cm³/mol. The van der Waals surface area contributed by atoms with Crippen LogP contribution in [0.2, 0.25) is 0 Å². The maximum Gasteiger partial charge on any atom is 0.255 e. The van der Waals surface area contributed by atoms with Crippen molar-refractivity contribution in [1.29, 1.82) is 0 Å². The van der Waals surface area contributed by atoms with Crippen molar-refractivity contribution in [2.24, 2.45) is 7.05 Å². The molecule has 0 aliphatic carbocycles. The molecule has 1 atom stereocenters. The average molecular weight is 351 g/mol. The van der Waals surface area contributed by atoms with Crippen molar-refractivity contribution in [3.63, 3.8) is 0 Å². The zero-order chi connectivity index (χ0) is 14.8. The summed E-state index contributed by atoms with van der Waals surface area (Å²) in [7, 11) is 1.69. The van der Waals surface area contributed by atoms with E-state index in [1.807, 2.05) is 6.07 Å². The smallest absolute Gasteiger partial charge is 0.255 e. The van der Waals surface area contributed by atoms with Crippen LogP contribution in [0.1, 0.15) is 6.42 Å². The van der Waals surface area contributed by atoms with Gasteiger partial charge in [0, 0.05) is 38.5 Å². The van der Waals surface area contributed by atoms with Crippen LogP contribution in [-0.2, 0) is 7.05 Å². The van der Waals surface area contributed by atoms with Crippen LogP contribution in [0.3, 0.4) is 0 Å². The van der Waals surface area contributed by atoms with E-state index in [1.165, 1.54) is 4.57 Å². The molecule has 1 fully saturated rings. The third kappa shape index (κ3) is 3.07. The fraction of sp³-hybridized carbons (Fsp3) is 0.357. The number of pyridine rings is 1. The first kappa shape index (κ1) is 14.1. The maximum absolute atomic E-state index is 11.7.